The molecule has 0 bridgehead atoms. The third kappa shape index (κ3) is 7.37. The molecule has 2 aromatic rings. The second kappa shape index (κ2) is 12.0. The van der Waals surface area contributed by atoms with Gasteiger partial charge in [-0.25, -0.2) is 0 Å². The Morgan fingerprint density at radius 2 is 1.80 bits per heavy atom. The van der Waals surface area contributed by atoms with Gasteiger partial charge in [0.15, 0.2) is 0 Å². The first-order valence-electron chi connectivity index (χ1n) is 10.4. The van der Waals surface area contributed by atoms with Crippen molar-refractivity contribution in [2.24, 2.45) is 0 Å². The van der Waals surface area contributed by atoms with Crippen molar-refractivity contribution < 1.29 is 9.59 Å². The highest BCUT2D eigenvalue weighted by atomic mass is 35.5. The number of hydrogen-bond donors (Lipinski definition) is 1. The van der Waals surface area contributed by atoms with Crippen molar-refractivity contribution in [3.8, 4) is 0 Å². The van der Waals surface area contributed by atoms with Crippen molar-refractivity contribution in [3.63, 3.8) is 0 Å². The average Bonchev–Trinajstić information content (AvgIpc) is 2.72. The molecule has 0 saturated carbocycles. The lowest BCUT2D eigenvalue weighted by Crippen LogP contribution is -2.51. The summed E-state index contributed by atoms with van der Waals surface area (Å²) in [6.45, 7) is 8.40. The van der Waals surface area contributed by atoms with Gasteiger partial charge < -0.3 is 10.2 Å². The van der Waals surface area contributed by atoms with Gasteiger partial charge in [-0.2, -0.15) is 0 Å². The van der Waals surface area contributed by atoms with E-state index >= 15 is 0 Å². The van der Waals surface area contributed by atoms with Gasteiger partial charge in [0.1, 0.15) is 6.04 Å². The van der Waals surface area contributed by atoms with Gasteiger partial charge in [-0.1, -0.05) is 55.3 Å². The SMILES string of the molecule is CC[C@H](C(=O)N[C@@H](C)CC)N(Cc1cccc(C)c1)C(=O)CSc1ccc(Cl)cc1. The maximum absolute atomic E-state index is 13.2. The molecule has 6 heteroatoms. The predicted molar refractivity (Wildman–Crippen MR) is 126 cm³/mol. The number of carbonyl (C=O) groups excluding carboxylic acids is 2. The van der Waals surface area contributed by atoms with Crippen LogP contribution < -0.4 is 5.32 Å². The maximum atomic E-state index is 13.2. The zero-order chi connectivity index (χ0) is 22.1. The third-order valence-electron chi connectivity index (χ3n) is 5.00. The summed E-state index contributed by atoms with van der Waals surface area (Å²) < 4.78 is 0. The summed E-state index contributed by atoms with van der Waals surface area (Å²) in [6.07, 6.45) is 1.41. The topological polar surface area (TPSA) is 49.4 Å². The van der Waals surface area contributed by atoms with E-state index < -0.39 is 6.04 Å². The lowest BCUT2D eigenvalue weighted by atomic mass is 10.1. The Kier molecular flexibility index (Phi) is 9.73. The molecule has 0 aromatic heterocycles. The summed E-state index contributed by atoms with van der Waals surface area (Å²) in [5.74, 6) is 0.118. The Morgan fingerprint density at radius 3 is 2.40 bits per heavy atom. The fraction of sp³-hybridized carbons (Fsp3) is 0.417. The molecule has 0 radical (unpaired) electrons. The molecule has 0 aliphatic rings. The lowest BCUT2D eigenvalue weighted by molar-refractivity contribution is -0.139. The predicted octanol–water partition coefficient (Wildman–Crippen LogP) is 5.46. The number of nitrogens with zero attached hydrogens (tertiary/aromatic N) is 1. The molecular formula is C24H31ClN2O2S. The smallest absolute Gasteiger partial charge is 0.243 e. The highest BCUT2D eigenvalue weighted by Gasteiger charge is 2.29. The molecule has 30 heavy (non-hydrogen) atoms. The van der Waals surface area contributed by atoms with Crippen LogP contribution in [0.15, 0.2) is 53.4 Å². The van der Waals surface area contributed by atoms with Crippen LogP contribution in [-0.4, -0.2) is 34.6 Å². The first-order valence-corrected chi connectivity index (χ1v) is 11.7. The van der Waals surface area contributed by atoms with E-state index in [9.17, 15) is 9.59 Å². The molecule has 2 amide bonds. The van der Waals surface area contributed by atoms with Crippen molar-refractivity contribution >= 4 is 35.2 Å². The van der Waals surface area contributed by atoms with Crippen LogP contribution in [-0.2, 0) is 16.1 Å². The van der Waals surface area contributed by atoms with Crippen LogP contribution in [0.5, 0.6) is 0 Å². The second-order valence-corrected chi connectivity index (χ2v) is 8.98. The van der Waals surface area contributed by atoms with Crippen LogP contribution in [0.4, 0.5) is 0 Å². The Bertz CT molecular complexity index is 841. The molecule has 0 aliphatic carbocycles. The minimum atomic E-state index is -0.502. The molecule has 1 N–H and O–H groups in total. The number of amides is 2. The summed E-state index contributed by atoms with van der Waals surface area (Å²) in [7, 11) is 0. The van der Waals surface area contributed by atoms with Gasteiger partial charge in [0, 0.05) is 22.5 Å². The van der Waals surface area contributed by atoms with Gasteiger partial charge in [0.25, 0.3) is 0 Å². The van der Waals surface area contributed by atoms with E-state index in [1.807, 2.05) is 70.2 Å². The van der Waals surface area contributed by atoms with E-state index in [4.69, 9.17) is 11.6 Å². The fourth-order valence-corrected chi connectivity index (χ4v) is 4.04. The van der Waals surface area contributed by atoms with Crippen molar-refractivity contribution in [1.82, 2.24) is 10.2 Å². The quantitative estimate of drug-likeness (QED) is 0.493. The number of thioether (sulfide) groups is 1. The molecule has 0 fully saturated rings. The zero-order valence-corrected chi connectivity index (χ0v) is 19.7. The number of rotatable bonds is 10. The van der Waals surface area contributed by atoms with Gasteiger partial charge in [-0.05, 0) is 56.5 Å². The van der Waals surface area contributed by atoms with E-state index in [1.165, 1.54) is 11.8 Å². The summed E-state index contributed by atoms with van der Waals surface area (Å²) in [5.41, 5.74) is 2.15. The Balaban J connectivity index is 2.20. The number of carbonyl (C=O) groups is 2. The summed E-state index contributed by atoms with van der Waals surface area (Å²) in [5, 5.41) is 3.71. The fourth-order valence-electron chi connectivity index (χ4n) is 3.13. The largest absolute Gasteiger partial charge is 0.352 e. The molecule has 0 spiro atoms. The standard InChI is InChI=1S/C24H31ClN2O2S/c1-5-18(4)26-24(29)22(6-2)27(15-19-9-7-8-17(3)14-19)23(28)16-30-21-12-10-20(25)11-13-21/h7-14,18,22H,5-6,15-16H2,1-4H3,(H,26,29)/t18-,22+/m0/s1. The highest BCUT2D eigenvalue weighted by molar-refractivity contribution is 8.00. The molecule has 0 heterocycles. The molecule has 162 valence electrons. The molecule has 4 nitrogen and oxygen atoms in total. The van der Waals surface area contributed by atoms with E-state index in [-0.39, 0.29) is 23.6 Å². The molecule has 0 saturated heterocycles. The van der Waals surface area contributed by atoms with Gasteiger partial charge in [-0.15, -0.1) is 11.8 Å². The van der Waals surface area contributed by atoms with Crippen LogP contribution in [0.25, 0.3) is 0 Å². The van der Waals surface area contributed by atoms with E-state index in [2.05, 4.69) is 11.4 Å². The van der Waals surface area contributed by atoms with E-state index in [1.54, 1.807) is 4.90 Å². The Hall–Kier alpha value is -1.98. The normalized spacial score (nSPS) is 12.8. The second-order valence-electron chi connectivity index (χ2n) is 7.50. The highest BCUT2D eigenvalue weighted by Crippen LogP contribution is 2.22. The minimum Gasteiger partial charge on any atom is -0.352 e. The number of benzene rings is 2. The van der Waals surface area contributed by atoms with Crippen LogP contribution in [0.2, 0.25) is 5.02 Å². The van der Waals surface area contributed by atoms with Gasteiger partial charge >= 0.3 is 0 Å². The van der Waals surface area contributed by atoms with Crippen molar-refractivity contribution in [3.05, 3.63) is 64.7 Å². The van der Waals surface area contributed by atoms with Gasteiger partial charge in [-0.3, -0.25) is 9.59 Å². The molecule has 0 unspecified atom stereocenters. The summed E-state index contributed by atoms with van der Waals surface area (Å²) in [6, 6.07) is 15.1. The van der Waals surface area contributed by atoms with Gasteiger partial charge in [0.2, 0.25) is 11.8 Å². The molecular weight excluding hydrogens is 416 g/mol. The Labute approximate surface area is 189 Å². The average molecular weight is 447 g/mol. The lowest BCUT2D eigenvalue weighted by Gasteiger charge is -2.31. The number of nitrogens with one attached hydrogen (secondary N) is 1. The zero-order valence-electron chi connectivity index (χ0n) is 18.2. The van der Waals surface area contributed by atoms with Crippen molar-refractivity contribution in [2.75, 3.05) is 5.75 Å². The number of halogens is 1. The third-order valence-corrected chi connectivity index (χ3v) is 6.25. The van der Waals surface area contributed by atoms with Crippen LogP contribution >= 0.6 is 23.4 Å². The number of aryl methyl sites for hydroxylation is 1. The Morgan fingerprint density at radius 1 is 1.10 bits per heavy atom. The number of hydrogen-bond acceptors (Lipinski definition) is 3. The maximum Gasteiger partial charge on any atom is 0.243 e. The minimum absolute atomic E-state index is 0.0531. The van der Waals surface area contributed by atoms with Crippen molar-refractivity contribution in [1.29, 1.82) is 0 Å². The monoisotopic (exact) mass is 446 g/mol. The van der Waals surface area contributed by atoms with Crippen LogP contribution in [0, 0.1) is 6.92 Å². The van der Waals surface area contributed by atoms with E-state index in [0.29, 0.717) is 18.0 Å². The van der Waals surface area contributed by atoms with Crippen LogP contribution in [0.1, 0.15) is 44.7 Å². The first kappa shape index (κ1) is 24.3. The summed E-state index contributed by atoms with van der Waals surface area (Å²) >= 11 is 7.40. The van der Waals surface area contributed by atoms with E-state index in [0.717, 1.165) is 22.4 Å². The van der Waals surface area contributed by atoms with Crippen LogP contribution in [0.3, 0.4) is 0 Å². The summed E-state index contributed by atoms with van der Waals surface area (Å²) in [4.78, 5) is 28.9. The molecule has 0 aliphatic heterocycles. The van der Waals surface area contributed by atoms with Crippen molar-refractivity contribution in [2.45, 2.75) is 64.1 Å². The molecule has 2 aromatic carbocycles. The molecule has 2 rings (SSSR count). The molecule has 2 atom stereocenters. The first-order chi connectivity index (χ1) is 14.3. The van der Waals surface area contributed by atoms with Gasteiger partial charge in [0.05, 0.1) is 5.75 Å².